The van der Waals surface area contributed by atoms with E-state index < -0.39 is 5.60 Å². The lowest BCUT2D eigenvalue weighted by Crippen LogP contribution is -2.27. The molecule has 8 heteroatoms. The molecule has 0 saturated heterocycles. The number of rotatable bonds is 7. The first kappa shape index (κ1) is 22.1. The summed E-state index contributed by atoms with van der Waals surface area (Å²) in [6, 6.07) is 15.0. The summed E-state index contributed by atoms with van der Waals surface area (Å²) in [7, 11) is 0. The Hall–Kier alpha value is -3.59. The van der Waals surface area contributed by atoms with Crippen molar-refractivity contribution < 1.29 is 9.84 Å². The van der Waals surface area contributed by atoms with Gasteiger partial charge in [0.1, 0.15) is 40.9 Å². The van der Waals surface area contributed by atoms with Crippen LogP contribution >= 0.6 is 11.8 Å². The molecule has 2 aromatic heterocycles. The number of aliphatic hydroxyl groups is 1. The molecule has 1 aromatic carbocycles. The minimum absolute atomic E-state index is 0.0764. The Bertz CT molecular complexity index is 1140. The fourth-order valence-corrected chi connectivity index (χ4v) is 3.73. The number of ether oxygens (including phenoxy) is 1. The number of aromatic nitrogens is 2. The van der Waals surface area contributed by atoms with Crippen molar-refractivity contribution >= 4 is 17.6 Å². The molecule has 0 atom stereocenters. The number of nitrogen functional groups attached to an aromatic ring is 1. The number of benzene rings is 1. The Balaban J connectivity index is 1.97. The van der Waals surface area contributed by atoms with Gasteiger partial charge in [-0.1, -0.05) is 18.2 Å². The van der Waals surface area contributed by atoms with Crippen molar-refractivity contribution in [1.29, 1.82) is 10.5 Å². The fraction of sp³-hybridized carbons (Fsp3) is 0.217. The standard InChI is InChI=1S/C23H21N5O2S/c1-23(2,29)14-30-17-7-5-16(6-8-17)20-18(10-24)21(26)28-22(19(20)11-25)31-13-15-4-3-9-27-12-15/h3-9,12,29H,13-14H2,1-2H3,(H2,26,28). The Labute approximate surface area is 185 Å². The molecule has 0 unspecified atom stereocenters. The first-order valence-corrected chi connectivity index (χ1v) is 10.4. The van der Waals surface area contributed by atoms with E-state index in [1.165, 1.54) is 11.8 Å². The SMILES string of the molecule is CC(C)(O)COc1ccc(-c2c(C#N)c(N)nc(SCc3cccnc3)c2C#N)cc1. The van der Waals surface area contributed by atoms with E-state index >= 15 is 0 Å². The first-order chi connectivity index (χ1) is 14.8. The molecule has 0 aliphatic heterocycles. The number of anilines is 1. The molecule has 0 fully saturated rings. The van der Waals surface area contributed by atoms with E-state index in [4.69, 9.17) is 10.5 Å². The monoisotopic (exact) mass is 431 g/mol. The van der Waals surface area contributed by atoms with Gasteiger partial charge in [-0.05, 0) is 43.2 Å². The van der Waals surface area contributed by atoms with Crippen molar-refractivity contribution in [3.05, 3.63) is 65.5 Å². The first-order valence-electron chi connectivity index (χ1n) is 9.43. The van der Waals surface area contributed by atoms with Crippen LogP contribution in [0, 0.1) is 22.7 Å². The zero-order valence-corrected chi connectivity index (χ0v) is 18.0. The highest BCUT2D eigenvalue weighted by Gasteiger charge is 2.21. The van der Waals surface area contributed by atoms with Crippen LogP contribution in [0.1, 0.15) is 30.5 Å². The van der Waals surface area contributed by atoms with E-state index in [-0.39, 0.29) is 18.0 Å². The Morgan fingerprint density at radius 1 is 1.13 bits per heavy atom. The zero-order valence-electron chi connectivity index (χ0n) is 17.2. The van der Waals surface area contributed by atoms with Gasteiger partial charge in [0.05, 0.1) is 11.2 Å². The normalized spacial score (nSPS) is 10.9. The summed E-state index contributed by atoms with van der Waals surface area (Å²) in [5, 5.41) is 29.8. The quantitative estimate of drug-likeness (QED) is 0.539. The number of hydrogen-bond donors (Lipinski definition) is 2. The Kier molecular flexibility index (Phi) is 6.76. The third-order valence-corrected chi connectivity index (χ3v) is 5.30. The third kappa shape index (κ3) is 5.52. The van der Waals surface area contributed by atoms with Crippen molar-refractivity contribution in [2.75, 3.05) is 12.3 Å². The van der Waals surface area contributed by atoms with E-state index in [1.807, 2.05) is 12.1 Å². The zero-order chi connectivity index (χ0) is 22.4. The number of nitrogens with two attached hydrogens (primary N) is 1. The molecular weight excluding hydrogens is 410 g/mol. The number of nitrogens with zero attached hydrogens (tertiary/aromatic N) is 4. The highest BCUT2D eigenvalue weighted by Crippen LogP contribution is 2.37. The minimum Gasteiger partial charge on any atom is -0.491 e. The van der Waals surface area contributed by atoms with Crippen molar-refractivity contribution in [2.24, 2.45) is 0 Å². The predicted octanol–water partition coefficient (Wildman–Crippen LogP) is 3.91. The second-order valence-electron chi connectivity index (χ2n) is 7.43. The molecule has 0 radical (unpaired) electrons. The lowest BCUT2D eigenvalue weighted by atomic mass is 9.97. The van der Waals surface area contributed by atoms with Gasteiger partial charge in [-0.3, -0.25) is 4.98 Å². The van der Waals surface area contributed by atoms with E-state index in [0.717, 1.165) is 5.56 Å². The summed E-state index contributed by atoms with van der Waals surface area (Å²) in [5.74, 6) is 1.20. The molecule has 31 heavy (non-hydrogen) atoms. The van der Waals surface area contributed by atoms with E-state index in [2.05, 4.69) is 22.1 Å². The van der Waals surface area contributed by atoms with E-state index in [0.29, 0.717) is 33.2 Å². The number of thioether (sulfide) groups is 1. The summed E-state index contributed by atoms with van der Waals surface area (Å²) in [4.78, 5) is 8.41. The highest BCUT2D eigenvalue weighted by molar-refractivity contribution is 7.98. The molecule has 2 heterocycles. The summed E-state index contributed by atoms with van der Waals surface area (Å²) in [5.41, 5.74) is 7.65. The van der Waals surface area contributed by atoms with Crippen LogP contribution in [0.3, 0.4) is 0 Å². The van der Waals surface area contributed by atoms with Crippen LogP contribution in [-0.2, 0) is 5.75 Å². The number of pyridine rings is 2. The number of nitriles is 2. The molecule has 0 bridgehead atoms. The molecule has 3 aromatic rings. The van der Waals surface area contributed by atoms with Gasteiger partial charge in [0.2, 0.25) is 0 Å². The van der Waals surface area contributed by atoms with Gasteiger partial charge in [-0.25, -0.2) is 4.98 Å². The molecular formula is C23H21N5O2S. The summed E-state index contributed by atoms with van der Waals surface area (Å²) in [6.45, 7) is 3.45. The van der Waals surface area contributed by atoms with Crippen LogP contribution in [0.5, 0.6) is 5.75 Å². The van der Waals surface area contributed by atoms with Crippen LogP contribution in [0.15, 0.2) is 53.8 Å². The maximum atomic E-state index is 9.88. The number of hydrogen-bond acceptors (Lipinski definition) is 8. The lowest BCUT2D eigenvalue weighted by molar-refractivity contribution is 0.0285. The average Bonchev–Trinajstić information content (AvgIpc) is 2.76. The summed E-state index contributed by atoms with van der Waals surface area (Å²) >= 11 is 1.37. The van der Waals surface area contributed by atoms with Crippen LogP contribution in [0.25, 0.3) is 11.1 Å². The molecule has 3 rings (SSSR count). The van der Waals surface area contributed by atoms with E-state index in [9.17, 15) is 15.6 Å². The van der Waals surface area contributed by atoms with Crippen LogP contribution < -0.4 is 10.5 Å². The van der Waals surface area contributed by atoms with Gasteiger partial charge in [0.15, 0.2) is 0 Å². The maximum Gasteiger partial charge on any atom is 0.143 e. The van der Waals surface area contributed by atoms with Crippen molar-refractivity contribution in [2.45, 2.75) is 30.2 Å². The summed E-state index contributed by atoms with van der Waals surface area (Å²) in [6.07, 6.45) is 3.44. The second-order valence-corrected chi connectivity index (χ2v) is 8.39. The molecule has 0 amide bonds. The maximum absolute atomic E-state index is 9.88. The molecule has 0 saturated carbocycles. The molecule has 0 aliphatic rings. The van der Waals surface area contributed by atoms with Gasteiger partial charge in [0.25, 0.3) is 0 Å². The Morgan fingerprint density at radius 2 is 1.84 bits per heavy atom. The Morgan fingerprint density at radius 3 is 2.42 bits per heavy atom. The molecule has 0 spiro atoms. The molecule has 0 aliphatic carbocycles. The molecule has 3 N–H and O–H groups in total. The van der Waals surface area contributed by atoms with Crippen molar-refractivity contribution in [3.8, 4) is 29.0 Å². The predicted molar refractivity (Wildman–Crippen MR) is 119 cm³/mol. The smallest absolute Gasteiger partial charge is 0.143 e. The van der Waals surface area contributed by atoms with Gasteiger partial charge in [-0.2, -0.15) is 10.5 Å². The minimum atomic E-state index is -0.958. The van der Waals surface area contributed by atoms with Gasteiger partial charge in [-0.15, -0.1) is 11.8 Å². The average molecular weight is 432 g/mol. The van der Waals surface area contributed by atoms with Gasteiger partial charge < -0.3 is 15.6 Å². The summed E-state index contributed by atoms with van der Waals surface area (Å²) < 4.78 is 5.58. The topological polar surface area (TPSA) is 129 Å². The highest BCUT2D eigenvalue weighted by atomic mass is 32.2. The fourth-order valence-electron chi connectivity index (χ4n) is 2.80. The largest absolute Gasteiger partial charge is 0.491 e. The van der Waals surface area contributed by atoms with Crippen molar-refractivity contribution in [3.63, 3.8) is 0 Å². The van der Waals surface area contributed by atoms with Gasteiger partial charge >= 0.3 is 0 Å². The van der Waals surface area contributed by atoms with Crippen molar-refractivity contribution in [1.82, 2.24) is 9.97 Å². The molecule has 7 nitrogen and oxygen atoms in total. The lowest BCUT2D eigenvalue weighted by Gasteiger charge is -2.18. The van der Waals surface area contributed by atoms with E-state index in [1.54, 1.807) is 50.5 Å². The second kappa shape index (κ2) is 9.48. The van der Waals surface area contributed by atoms with Gasteiger partial charge in [0, 0.05) is 23.7 Å². The van der Waals surface area contributed by atoms with Crippen LogP contribution in [-0.4, -0.2) is 27.3 Å². The van der Waals surface area contributed by atoms with Crippen LogP contribution in [0.4, 0.5) is 5.82 Å². The third-order valence-electron chi connectivity index (χ3n) is 4.25. The molecule has 156 valence electrons. The van der Waals surface area contributed by atoms with Crippen LogP contribution in [0.2, 0.25) is 0 Å².